The lowest BCUT2D eigenvalue weighted by Crippen LogP contribution is -2.48. The summed E-state index contributed by atoms with van der Waals surface area (Å²) >= 11 is 0. The van der Waals surface area contributed by atoms with Crippen molar-refractivity contribution in [3.05, 3.63) is 48.0 Å². The molecule has 1 aliphatic heterocycles. The van der Waals surface area contributed by atoms with Gasteiger partial charge in [-0.15, -0.1) is 0 Å². The number of carbonyl (C=O) groups is 1. The molecule has 0 saturated carbocycles. The highest BCUT2D eigenvalue weighted by Crippen LogP contribution is 2.26. The zero-order valence-corrected chi connectivity index (χ0v) is 17.1. The molecule has 1 heterocycles. The zero-order valence-electron chi connectivity index (χ0n) is 17.1. The Morgan fingerprint density at radius 2 is 1.72 bits per heavy atom. The minimum atomic E-state index is -0.197. The Morgan fingerprint density at radius 1 is 1.03 bits per heavy atom. The molecule has 1 unspecified atom stereocenters. The first kappa shape index (κ1) is 20.8. The largest absolute Gasteiger partial charge is 0.497 e. The third-order valence-electron chi connectivity index (χ3n) is 4.75. The molecule has 2 aromatic rings. The summed E-state index contributed by atoms with van der Waals surface area (Å²) in [6.45, 7) is 1.87. The van der Waals surface area contributed by atoms with Gasteiger partial charge in [0, 0.05) is 12.6 Å². The van der Waals surface area contributed by atoms with Crippen LogP contribution in [0, 0.1) is 0 Å². The van der Waals surface area contributed by atoms with Crippen molar-refractivity contribution in [1.82, 2.24) is 4.90 Å². The van der Waals surface area contributed by atoms with E-state index in [0.29, 0.717) is 49.3 Å². The number of benzene rings is 2. The third-order valence-corrected chi connectivity index (χ3v) is 4.75. The summed E-state index contributed by atoms with van der Waals surface area (Å²) in [5.41, 5.74) is 0.847. The average molecular weight is 401 g/mol. The molecule has 1 saturated heterocycles. The number of carbonyl (C=O) groups excluding carboxylic acids is 1. The Morgan fingerprint density at radius 3 is 2.38 bits per heavy atom. The van der Waals surface area contributed by atoms with E-state index in [2.05, 4.69) is 0 Å². The molecule has 1 fully saturated rings. The van der Waals surface area contributed by atoms with Gasteiger partial charge in [-0.25, -0.2) is 0 Å². The summed E-state index contributed by atoms with van der Waals surface area (Å²) in [7, 11) is 4.79. The molecule has 7 heteroatoms. The Balaban J connectivity index is 1.58. The van der Waals surface area contributed by atoms with Gasteiger partial charge >= 0.3 is 0 Å². The quantitative estimate of drug-likeness (QED) is 0.677. The molecule has 0 radical (unpaired) electrons. The third kappa shape index (κ3) is 5.54. The van der Waals surface area contributed by atoms with Crippen molar-refractivity contribution in [2.75, 3.05) is 47.6 Å². The van der Waals surface area contributed by atoms with E-state index in [-0.39, 0.29) is 18.4 Å². The second kappa shape index (κ2) is 10.0. The maximum Gasteiger partial charge on any atom is 0.227 e. The predicted molar refractivity (Wildman–Crippen MR) is 108 cm³/mol. The summed E-state index contributed by atoms with van der Waals surface area (Å²) < 4.78 is 27.5. The number of ether oxygens (including phenoxy) is 5. The van der Waals surface area contributed by atoms with E-state index >= 15 is 0 Å². The number of hydrogen-bond donors (Lipinski definition) is 0. The van der Waals surface area contributed by atoms with Crippen molar-refractivity contribution >= 4 is 5.91 Å². The molecule has 0 N–H and O–H groups in total. The molecule has 29 heavy (non-hydrogen) atoms. The van der Waals surface area contributed by atoms with Crippen molar-refractivity contribution in [3.63, 3.8) is 0 Å². The van der Waals surface area contributed by atoms with E-state index in [4.69, 9.17) is 23.7 Å². The number of para-hydroxylation sites is 2. The molecule has 2 aromatic carbocycles. The Labute approximate surface area is 171 Å². The molecule has 0 aliphatic carbocycles. The Kier molecular flexibility index (Phi) is 7.19. The molecular formula is C22H27NO6. The van der Waals surface area contributed by atoms with Crippen LogP contribution in [0.1, 0.15) is 5.56 Å². The molecule has 7 nitrogen and oxygen atoms in total. The van der Waals surface area contributed by atoms with Gasteiger partial charge in [0.05, 0.1) is 40.9 Å². The molecule has 3 rings (SSSR count). The molecule has 156 valence electrons. The van der Waals surface area contributed by atoms with E-state index in [1.54, 1.807) is 27.4 Å². The van der Waals surface area contributed by atoms with E-state index in [1.165, 1.54) is 0 Å². The molecule has 0 bridgehead atoms. The molecule has 0 spiro atoms. The molecular weight excluding hydrogens is 374 g/mol. The van der Waals surface area contributed by atoms with Gasteiger partial charge < -0.3 is 28.6 Å². The number of methoxy groups -OCH3 is 3. The standard InChI is InChI=1S/C22H27NO6/c1-25-17-10-16(11-18(13-17)26-2)12-22(24)23-8-9-28-19(14-23)15-29-21-7-5-4-6-20(21)27-3/h4-7,10-11,13,19H,8-9,12,14-15H2,1-3H3. The van der Waals surface area contributed by atoms with Crippen LogP contribution in [-0.2, 0) is 16.0 Å². The van der Waals surface area contributed by atoms with E-state index in [1.807, 2.05) is 41.3 Å². The fourth-order valence-electron chi connectivity index (χ4n) is 3.22. The summed E-state index contributed by atoms with van der Waals surface area (Å²) in [6, 6.07) is 12.9. The topological polar surface area (TPSA) is 66.5 Å². The smallest absolute Gasteiger partial charge is 0.227 e. The number of morpholine rings is 1. The monoisotopic (exact) mass is 401 g/mol. The lowest BCUT2D eigenvalue weighted by atomic mass is 10.1. The fraction of sp³-hybridized carbons (Fsp3) is 0.409. The second-order valence-electron chi connectivity index (χ2n) is 6.69. The minimum Gasteiger partial charge on any atom is -0.497 e. The van der Waals surface area contributed by atoms with Crippen LogP contribution in [0.3, 0.4) is 0 Å². The van der Waals surface area contributed by atoms with Gasteiger partial charge in [-0.2, -0.15) is 0 Å². The van der Waals surface area contributed by atoms with Gasteiger partial charge in [-0.3, -0.25) is 4.79 Å². The average Bonchev–Trinajstić information content (AvgIpc) is 2.77. The van der Waals surface area contributed by atoms with Crippen LogP contribution in [0.4, 0.5) is 0 Å². The highest BCUT2D eigenvalue weighted by molar-refractivity contribution is 5.79. The maximum atomic E-state index is 12.8. The number of amides is 1. The Bertz CT molecular complexity index is 802. The van der Waals surface area contributed by atoms with Gasteiger partial charge in [0.1, 0.15) is 24.2 Å². The SMILES string of the molecule is COc1cc(CC(=O)N2CCOC(COc3ccccc3OC)C2)cc(OC)c1. The van der Waals surface area contributed by atoms with Crippen LogP contribution in [0.25, 0.3) is 0 Å². The second-order valence-corrected chi connectivity index (χ2v) is 6.69. The summed E-state index contributed by atoms with van der Waals surface area (Å²) in [5.74, 6) is 2.69. The zero-order chi connectivity index (χ0) is 20.6. The number of nitrogens with zero attached hydrogens (tertiary/aromatic N) is 1. The summed E-state index contributed by atoms with van der Waals surface area (Å²) in [6.07, 6.45) is 0.0747. The highest BCUT2D eigenvalue weighted by Gasteiger charge is 2.25. The first-order chi connectivity index (χ1) is 14.1. The van der Waals surface area contributed by atoms with Gasteiger partial charge in [-0.05, 0) is 29.8 Å². The molecule has 1 atom stereocenters. The first-order valence-corrected chi connectivity index (χ1v) is 9.50. The van der Waals surface area contributed by atoms with Crippen LogP contribution in [-0.4, -0.2) is 64.5 Å². The summed E-state index contributed by atoms with van der Waals surface area (Å²) in [4.78, 5) is 14.6. The highest BCUT2D eigenvalue weighted by atomic mass is 16.5. The molecule has 0 aromatic heterocycles. The first-order valence-electron chi connectivity index (χ1n) is 9.50. The van der Waals surface area contributed by atoms with Crippen molar-refractivity contribution in [3.8, 4) is 23.0 Å². The van der Waals surface area contributed by atoms with Crippen LogP contribution in [0.2, 0.25) is 0 Å². The van der Waals surface area contributed by atoms with Crippen LogP contribution in [0.5, 0.6) is 23.0 Å². The predicted octanol–water partition coefficient (Wildman–Crippen LogP) is 2.56. The van der Waals surface area contributed by atoms with E-state index < -0.39 is 0 Å². The minimum absolute atomic E-state index is 0.0332. The van der Waals surface area contributed by atoms with Crippen LogP contribution < -0.4 is 18.9 Å². The lowest BCUT2D eigenvalue weighted by molar-refractivity contribution is -0.139. The van der Waals surface area contributed by atoms with E-state index in [0.717, 1.165) is 5.56 Å². The van der Waals surface area contributed by atoms with Crippen LogP contribution >= 0.6 is 0 Å². The Hall–Kier alpha value is -2.93. The number of hydrogen-bond acceptors (Lipinski definition) is 6. The normalized spacial score (nSPS) is 16.2. The lowest BCUT2D eigenvalue weighted by Gasteiger charge is -2.33. The number of rotatable bonds is 8. The van der Waals surface area contributed by atoms with Crippen LogP contribution in [0.15, 0.2) is 42.5 Å². The maximum absolute atomic E-state index is 12.8. The van der Waals surface area contributed by atoms with Crippen molar-refractivity contribution in [1.29, 1.82) is 0 Å². The van der Waals surface area contributed by atoms with Gasteiger partial charge in [0.2, 0.25) is 5.91 Å². The van der Waals surface area contributed by atoms with E-state index in [9.17, 15) is 4.79 Å². The molecule has 1 amide bonds. The molecule has 1 aliphatic rings. The fourth-order valence-corrected chi connectivity index (χ4v) is 3.22. The van der Waals surface area contributed by atoms with Gasteiger partial charge in [-0.1, -0.05) is 12.1 Å². The van der Waals surface area contributed by atoms with Crippen molar-refractivity contribution < 1.29 is 28.5 Å². The summed E-state index contributed by atoms with van der Waals surface area (Å²) in [5, 5.41) is 0. The van der Waals surface area contributed by atoms with Crippen molar-refractivity contribution in [2.45, 2.75) is 12.5 Å². The van der Waals surface area contributed by atoms with Gasteiger partial charge in [0.25, 0.3) is 0 Å². The van der Waals surface area contributed by atoms with Gasteiger partial charge in [0.15, 0.2) is 11.5 Å². The van der Waals surface area contributed by atoms with Crippen molar-refractivity contribution in [2.24, 2.45) is 0 Å².